The Morgan fingerprint density at radius 3 is 1.62 bits per heavy atom. The number of nitrogens with two attached hydrogens (primary N) is 1. The van der Waals surface area contributed by atoms with Crippen LogP contribution in [0.5, 0.6) is 0 Å². The monoisotopic (exact) mass is 534 g/mol. The standard InChI is InChI=1S/C25H54N6O6/c1-2-25(19-35-16-22(32)13-29-4-3-26,20-36-17-23(33)14-30-9-5-27-6-10-30)21-37-18-24(34)15-31-11-7-28-8-12-31/h22-24,27-29,32-34H,2-21,26H2,1H3. The lowest BCUT2D eigenvalue weighted by Crippen LogP contribution is -2.47. The molecule has 0 aliphatic carbocycles. The summed E-state index contributed by atoms with van der Waals surface area (Å²) in [6.45, 7) is 14.0. The molecule has 2 fully saturated rings. The molecule has 0 bridgehead atoms. The van der Waals surface area contributed by atoms with Crippen LogP contribution in [-0.4, -0.2) is 168 Å². The Labute approximate surface area is 223 Å². The summed E-state index contributed by atoms with van der Waals surface area (Å²) in [5, 5.41) is 40.9. The molecular weight excluding hydrogens is 480 g/mol. The van der Waals surface area contributed by atoms with Crippen LogP contribution in [0, 0.1) is 5.41 Å². The van der Waals surface area contributed by atoms with Crippen molar-refractivity contribution >= 4 is 0 Å². The minimum absolute atomic E-state index is 0.191. The highest BCUT2D eigenvalue weighted by Gasteiger charge is 2.31. The maximum atomic E-state index is 10.5. The van der Waals surface area contributed by atoms with Gasteiger partial charge in [-0.1, -0.05) is 6.92 Å². The van der Waals surface area contributed by atoms with Gasteiger partial charge in [0.15, 0.2) is 0 Å². The van der Waals surface area contributed by atoms with E-state index >= 15 is 0 Å². The summed E-state index contributed by atoms with van der Waals surface area (Å²) in [5.74, 6) is 0. The predicted octanol–water partition coefficient (Wildman–Crippen LogP) is -3.13. The highest BCUT2D eigenvalue weighted by atomic mass is 16.5. The number of β-amino-alcohol motifs (C(OH)–C–C–N with tert-alkyl or cyclic N) is 2. The smallest absolute Gasteiger partial charge is 0.0900 e. The van der Waals surface area contributed by atoms with Gasteiger partial charge >= 0.3 is 0 Å². The van der Waals surface area contributed by atoms with E-state index in [1.54, 1.807) is 0 Å². The predicted molar refractivity (Wildman–Crippen MR) is 144 cm³/mol. The van der Waals surface area contributed by atoms with Gasteiger partial charge in [0.1, 0.15) is 0 Å². The van der Waals surface area contributed by atoms with Gasteiger partial charge in [-0.25, -0.2) is 0 Å². The van der Waals surface area contributed by atoms with Crippen LogP contribution in [0.25, 0.3) is 0 Å². The quantitative estimate of drug-likeness (QED) is 0.0745. The summed E-state index contributed by atoms with van der Waals surface area (Å²) in [5.41, 5.74) is 5.03. The normalized spacial score (nSPS) is 22.0. The molecule has 37 heavy (non-hydrogen) atoms. The number of aliphatic hydroxyl groups is 3. The first kappa shape index (κ1) is 32.7. The van der Waals surface area contributed by atoms with Gasteiger partial charge in [0.2, 0.25) is 0 Å². The zero-order valence-electron chi connectivity index (χ0n) is 22.9. The number of ether oxygens (including phenoxy) is 3. The topological polar surface area (TPSA) is 157 Å². The Kier molecular flexibility index (Phi) is 17.3. The maximum absolute atomic E-state index is 10.5. The van der Waals surface area contributed by atoms with E-state index in [0.29, 0.717) is 52.5 Å². The van der Waals surface area contributed by atoms with Gasteiger partial charge in [0, 0.05) is 90.5 Å². The van der Waals surface area contributed by atoms with E-state index in [-0.39, 0.29) is 19.8 Å². The molecule has 2 aliphatic rings. The summed E-state index contributed by atoms with van der Waals surface area (Å²) in [6, 6.07) is 0. The fourth-order valence-electron chi connectivity index (χ4n) is 4.58. The van der Waals surface area contributed by atoms with Crippen molar-refractivity contribution in [2.24, 2.45) is 11.1 Å². The Morgan fingerprint density at radius 1 is 0.784 bits per heavy atom. The van der Waals surface area contributed by atoms with Crippen molar-refractivity contribution in [2.45, 2.75) is 31.7 Å². The van der Waals surface area contributed by atoms with Crippen molar-refractivity contribution in [3.05, 3.63) is 0 Å². The third-order valence-electron chi connectivity index (χ3n) is 6.96. The fraction of sp³-hybridized carbons (Fsp3) is 1.00. The van der Waals surface area contributed by atoms with Gasteiger partial charge in [-0.2, -0.15) is 0 Å². The zero-order chi connectivity index (χ0) is 26.8. The average molecular weight is 535 g/mol. The zero-order valence-corrected chi connectivity index (χ0v) is 22.9. The van der Waals surface area contributed by atoms with Crippen LogP contribution >= 0.6 is 0 Å². The molecule has 12 heteroatoms. The third-order valence-corrected chi connectivity index (χ3v) is 6.96. The molecule has 0 saturated carbocycles. The molecule has 0 aromatic heterocycles. The second kappa shape index (κ2) is 19.6. The summed E-state index contributed by atoms with van der Waals surface area (Å²) >= 11 is 0. The van der Waals surface area contributed by atoms with E-state index in [1.165, 1.54) is 0 Å². The molecule has 0 radical (unpaired) electrons. The highest BCUT2D eigenvalue weighted by molar-refractivity contribution is 4.80. The molecular formula is C25H54N6O6. The molecule has 3 unspecified atom stereocenters. The van der Waals surface area contributed by atoms with Crippen molar-refractivity contribution in [3.8, 4) is 0 Å². The van der Waals surface area contributed by atoms with E-state index in [4.69, 9.17) is 19.9 Å². The van der Waals surface area contributed by atoms with Crippen molar-refractivity contribution in [3.63, 3.8) is 0 Å². The first-order valence-corrected chi connectivity index (χ1v) is 14.0. The first-order chi connectivity index (χ1) is 18.0. The van der Waals surface area contributed by atoms with Crippen LogP contribution in [-0.2, 0) is 14.2 Å². The molecule has 2 saturated heterocycles. The maximum Gasteiger partial charge on any atom is 0.0900 e. The van der Waals surface area contributed by atoms with Crippen LogP contribution in [0.4, 0.5) is 0 Å². The first-order valence-electron chi connectivity index (χ1n) is 14.0. The van der Waals surface area contributed by atoms with Crippen LogP contribution < -0.4 is 21.7 Å². The fourth-order valence-corrected chi connectivity index (χ4v) is 4.58. The summed E-state index contributed by atoms with van der Waals surface area (Å²) < 4.78 is 17.9. The van der Waals surface area contributed by atoms with Gasteiger partial charge in [0.25, 0.3) is 0 Å². The number of piperazine rings is 2. The minimum Gasteiger partial charge on any atom is -0.389 e. The van der Waals surface area contributed by atoms with E-state index in [9.17, 15) is 15.3 Å². The highest BCUT2D eigenvalue weighted by Crippen LogP contribution is 2.24. The van der Waals surface area contributed by atoms with Gasteiger partial charge in [0.05, 0.1) is 58.0 Å². The van der Waals surface area contributed by atoms with Crippen molar-refractivity contribution in [1.82, 2.24) is 25.8 Å². The molecule has 8 N–H and O–H groups in total. The van der Waals surface area contributed by atoms with Gasteiger partial charge in [-0.05, 0) is 6.42 Å². The Bertz CT molecular complexity index is 522. The molecule has 2 rings (SSSR count). The molecule has 2 aliphatic heterocycles. The molecule has 3 atom stereocenters. The number of hydrogen-bond donors (Lipinski definition) is 7. The van der Waals surface area contributed by atoms with Gasteiger partial charge in [-0.3, -0.25) is 9.80 Å². The molecule has 2 heterocycles. The molecule has 220 valence electrons. The van der Waals surface area contributed by atoms with E-state index in [0.717, 1.165) is 58.8 Å². The number of nitrogens with zero attached hydrogens (tertiary/aromatic N) is 2. The number of rotatable bonds is 21. The summed E-state index contributed by atoms with van der Waals surface area (Å²) in [6.07, 6.45) is -1.03. The van der Waals surface area contributed by atoms with E-state index < -0.39 is 23.7 Å². The van der Waals surface area contributed by atoms with Crippen LogP contribution in [0.3, 0.4) is 0 Å². The SMILES string of the molecule is CCC(COCC(O)CNCCN)(COCC(O)CN1CCNCC1)COCC(O)CN1CCNCC1. The minimum atomic E-state index is -0.635. The second-order valence-corrected chi connectivity index (χ2v) is 10.5. The molecule has 0 aromatic rings. The lowest BCUT2D eigenvalue weighted by molar-refractivity contribution is -0.103. The van der Waals surface area contributed by atoms with Crippen molar-refractivity contribution in [2.75, 3.05) is 125 Å². The lowest BCUT2D eigenvalue weighted by atomic mass is 9.88. The number of aliphatic hydroxyl groups excluding tert-OH is 3. The average Bonchev–Trinajstić information content (AvgIpc) is 2.89. The van der Waals surface area contributed by atoms with Crippen molar-refractivity contribution < 1.29 is 29.5 Å². The third kappa shape index (κ3) is 14.5. The molecule has 0 spiro atoms. The van der Waals surface area contributed by atoms with E-state index in [1.807, 2.05) is 0 Å². The van der Waals surface area contributed by atoms with Crippen LogP contribution in [0.15, 0.2) is 0 Å². The number of hydrogen-bond acceptors (Lipinski definition) is 12. The van der Waals surface area contributed by atoms with Crippen LogP contribution in [0.2, 0.25) is 0 Å². The number of nitrogens with one attached hydrogen (secondary N) is 3. The molecule has 12 nitrogen and oxygen atoms in total. The lowest BCUT2D eigenvalue weighted by Gasteiger charge is -2.34. The van der Waals surface area contributed by atoms with Crippen LogP contribution in [0.1, 0.15) is 13.3 Å². The molecule has 0 aromatic carbocycles. The van der Waals surface area contributed by atoms with Gasteiger partial charge < -0.3 is 51.2 Å². The van der Waals surface area contributed by atoms with E-state index in [2.05, 4.69) is 32.7 Å². The second-order valence-electron chi connectivity index (χ2n) is 10.5. The Morgan fingerprint density at radius 2 is 1.22 bits per heavy atom. The largest absolute Gasteiger partial charge is 0.389 e. The summed E-state index contributed by atoms with van der Waals surface area (Å²) in [7, 11) is 0. The van der Waals surface area contributed by atoms with Crippen molar-refractivity contribution in [1.29, 1.82) is 0 Å². The summed E-state index contributed by atoms with van der Waals surface area (Å²) in [4.78, 5) is 4.48. The van der Waals surface area contributed by atoms with Gasteiger partial charge in [-0.15, -0.1) is 0 Å². The Balaban J connectivity index is 1.80. The molecule has 0 amide bonds. The Hall–Kier alpha value is -0.480.